The molecule has 0 N–H and O–H groups in total. The van der Waals surface area contributed by atoms with E-state index < -0.39 is 17.5 Å². The van der Waals surface area contributed by atoms with Crippen molar-refractivity contribution >= 4 is 11.3 Å². The average molecular weight is 298 g/mol. The number of rotatable bonds is 2. The Hall–Kier alpha value is -1.29. The second kappa shape index (κ2) is 5.24. The quantitative estimate of drug-likeness (QED) is 0.627. The maximum Gasteiger partial charge on any atom is 0.396 e. The highest BCUT2D eigenvalue weighted by molar-refractivity contribution is 7.13. The minimum Gasteiger partial charge on any atom is -0.170 e. The molecule has 0 bridgehead atoms. The van der Waals surface area contributed by atoms with Gasteiger partial charge in [0.15, 0.2) is 0 Å². The van der Waals surface area contributed by atoms with Crippen molar-refractivity contribution in [1.29, 1.82) is 0 Å². The van der Waals surface area contributed by atoms with E-state index in [2.05, 4.69) is 0 Å². The molecule has 0 fully saturated rings. The van der Waals surface area contributed by atoms with Gasteiger partial charge in [-0.3, -0.25) is 0 Å². The molecule has 20 heavy (non-hydrogen) atoms. The highest BCUT2D eigenvalue weighted by Gasteiger charge is 2.47. The van der Waals surface area contributed by atoms with Crippen molar-refractivity contribution in [2.75, 3.05) is 0 Å². The smallest absolute Gasteiger partial charge is 0.170 e. The van der Waals surface area contributed by atoms with Crippen molar-refractivity contribution in [3.8, 4) is 10.4 Å². The zero-order valence-electron chi connectivity index (χ0n) is 11.7. The van der Waals surface area contributed by atoms with Crippen LogP contribution in [0.4, 0.5) is 13.2 Å². The molecule has 1 unspecified atom stereocenters. The zero-order chi connectivity index (χ0) is 15.0. The second-order valence-corrected chi connectivity index (χ2v) is 6.89. The van der Waals surface area contributed by atoms with Crippen molar-refractivity contribution in [1.82, 2.24) is 0 Å². The first-order valence-corrected chi connectivity index (χ1v) is 7.28. The molecule has 0 nitrogen and oxygen atoms in total. The average Bonchev–Trinajstić information content (AvgIpc) is 2.79. The van der Waals surface area contributed by atoms with Crippen LogP contribution in [0.15, 0.2) is 41.8 Å². The molecule has 0 radical (unpaired) electrons. The van der Waals surface area contributed by atoms with Crippen LogP contribution in [0, 0.1) is 5.41 Å². The van der Waals surface area contributed by atoms with E-state index >= 15 is 0 Å². The molecular weight excluding hydrogens is 281 g/mol. The van der Waals surface area contributed by atoms with Crippen LogP contribution in [0.25, 0.3) is 10.4 Å². The molecule has 108 valence electrons. The maximum atomic E-state index is 13.3. The van der Waals surface area contributed by atoms with E-state index in [0.29, 0.717) is 5.56 Å². The van der Waals surface area contributed by atoms with Gasteiger partial charge in [-0.15, -0.1) is 11.3 Å². The van der Waals surface area contributed by atoms with E-state index in [-0.39, 0.29) is 0 Å². The lowest BCUT2D eigenvalue weighted by Crippen LogP contribution is -2.32. The summed E-state index contributed by atoms with van der Waals surface area (Å²) in [5.41, 5.74) is 0.423. The van der Waals surface area contributed by atoms with Crippen LogP contribution in [0.2, 0.25) is 0 Å². The molecule has 0 amide bonds. The Morgan fingerprint density at radius 1 is 0.950 bits per heavy atom. The maximum absolute atomic E-state index is 13.3. The lowest BCUT2D eigenvalue weighted by molar-refractivity contribution is -0.171. The predicted octanol–water partition coefficient (Wildman–Crippen LogP) is 6.11. The monoisotopic (exact) mass is 298 g/mol. The van der Waals surface area contributed by atoms with Gasteiger partial charge in [0.05, 0.1) is 5.92 Å². The first-order chi connectivity index (χ1) is 9.19. The molecule has 2 rings (SSSR count). The van der Waals surface area contributed by atoms with Gasteiger partial charge in [-0.1, -0.05) is 51.1 Å². The molecule has 0 aliphatic rings. The molecule has 1 aromatic carbocycles. The summed E-state index contributed by atoms with van der Waals surface area (Å²) >= 11 is 1.58. The van der Waals surface area contributed by atoms with Crippen molar-refractivity contribution < 1.29 is 13.2 Å². The van der Waals surface area contributed by atoms with Crippen LogP contribution in [-0.2, 0) is 0 Å². The number of thiophene rings is 1. The summed E-state index contributed by atoms with van der Waals surface area (Å²) in [5, 5.41) is 1.96. The fourth-order valence-electron chi connectivity index (χ4n) is 2.46. The van der Waals surface area contributed by atoms with Gasteiger partial charge >= 0.3 is 6.18 Å². The molecule has 1 aromatic heterocycles. The minimum absolute atomic E-state index is 0.324. The van der Waals surface area contributed by atoms with Crippen LogP contribution in [0.3, 0.4) is 0 Å². The molecule has 4 heteroatoms. The Balaban J connectivity index is 2.37. The van der Waals surface area contributed by atoms with Crippen molar-refractivity contribution in [2.24, 2.45) is 5.41 Å². The van der Waals surface area contributed by atoms with Gasteiger partial charge in [0.2, 0.25) is 0 Å². The van der Waals surface area contributed by atoms with E-state index in [0.717, 1.165) is 10.4 Å². The van der Waals surface area contributed by atoms with Crippen LogP contribution < -0.4 is 0 Å². The lowest BCUT2D eigenvalue weighted by atomic mass is 9.76. The van der Waals surface area contributed by atoms with E-state index in [1.165, 1.54) is 0 Å². The minimum atomic E-state index is -4.23. The number of halogens is 3. The zero-order valence-corrected chi connectivity index (χ0v) is 12.5. The van der Waals surface area contributed by atoms with E-state index in [1.54, 1.807) is 56.4 Å². The van der Waals surface area contributed by atoms with Gasteiger partial charge in [0.25, 0.3) is 0 Å². The molecule has 2 aromatic rings. The Labute approximate surface area is 121 Å². The lowest BCUT2D eigenvalue weighted by Gasteiger charge is -2.32. The topological polar surface area (TPSA) is 0 Å². The van der Waals surface area contributed by atoms with Gasteiger partial charge in [-0.25, -0.2) is 0 Å². The fraction of sp³-hybridized carbons (Fsp3) is 0.375. The van der Waals surface area contributed by atoms with Gasteiger partial charge in [0, 0.05) is 4.88 Å². The summed E-state index contributed by atoms with van der Waals surface area (Å²) in [5.74, 6) is -1.45. The van der Waals surface area contributed by atoms with Crippen LogP contribution >= 0.6 is 11.3 Å². The molecule has 0 spiro atoms. The Bertz CT molecular complexity index is 531. The molecule has 0 aliphatic carbocycles. The van der Waals surface area contributed by atoms with Crippen molar-refractivity contribution in [2.45, 2.75) is 32.9 Å². The highest BCUT2D eigenvalue weighted by Crippen LogP contribution is 2.47. The highest BCUT2D eigenvalue weighted by atomic mass is 32.1. The van der Waals surface area contributed by atoms with Gasteiger partial charge in [-0.05, 0) is 28.0 Å². The summed E-state index contributed by atoms with van der Waals surface area (Å²) < 4.78 is 39.8. The number of benzene rings is 1. The summed E-state index contributed by atoms with van der Waals surface area (Å²) in [6, 6.07) is 10.6. The third kappa shape index (κ3) is 3.23. The number of alkyl halides is 3. The molecule has 0 saturated carbocycles. The van der Waals surface area contributed by atoms with Crippen LogP contribution in [0.5, 0.6) is 0 Å². The normalized spacial score (nSPS) is 14.3. The van der Waals surface area contributed by atoms with Crippen molar-refractivity contribution in [3.63, 3.8) is 0 Å². The number of hydrogen-bond donors (Lipinski definition) is 0. The second-order valence-electron chi connectivity index (χ2n) is 5.94. The van der Waals surface area contributed by atoms with E-state index in [1.807, 2.05) is 17.5 Å². The number of hydrogen-bond acceptors (Lipinski definition) is 1. The van der Waals surface area contributed by atoms with Crippen molar-refractivity contribution in [3.05, 3.63) is 47.3 Å². The third-order valence-electron chi connectivity index (χ3n) is 3.24. The standard InChI is InChI=1S/C16H17F3S/c1-15(2,3)14(16(17,18)19)12-8-6-11(7-9-12)13-5-4-10-20-13/h4-10,14H,1-3H3. The molecule has 1 atom stereocenters. The summed E-state index contributed by atoms with van der Waals surface area (Å²) in [6.45, 7) is 4.87. The van der Waals surface area contributed by atoms with Gasteiger partial charge < -0.3 is 0 Å². The summed E-state index contributed by atoms with van der Waals surface area (Å²) in [4.78, 5) is 1.07. The van der Waals surface area contributed by atoms with Crippen LogP contribution in [0.1, 0.15) is 32.3 Å². The van der Waals surface area contributed by atoms with E-state index in [9.17, 15) is 13.2 Å². The molecule has 0 aliphatic heterocycles. The molecular formula is C16H17F3S. The van der Waals surface area contributed by atoms with Gasteiger partial charge in [0.1, 0.15) is 0 Å². The summed E-state index contributed by atoms with van der Waals surface area (Å²) in [7, 11) is 0. The third-order valence-corrected chi connectivity index (χ3v) is 4.16. The Kier molecular flexibility index (Phi) is 3.96. The Morgan fingerprint density at radius 2 is 1.55 bits per heavy atom. The summed E-state index contributed by atoms with van der Waals surface area (Å²) in [6.07, 6.45) is -4.23. The van der Waals surface area contributed by atoms with Crippen LogP contribution in [-0.4, -0.2) is 6.18 Å². The SMILES string of the molecule is CC(C)(C)C(c1ccc(-c2cccs2)cc1)C(F)(F)F. The Morgan fingerprint density at radius 3 is 1.95 bits per heavy atom. The first-order valence-electron chi connectivity index (χ1n) is 6.40. The molecule has 0 saturated heterocycles. The predicted molar refractivity (Wildman–Crippen MR) is 78.0 cm³/mol. The largest absolute Gasteiger partial charge is 0.396 e. The van der Waals surface area contributed by atoms with E-state index in [4.69, 9.17) is 0 Å². The first kappa shape index (κ1) is 15.1. The van der Waals surface area contributed by atoms with Gasteiger partial charge in [-0.2, -0.15) is 13.2 Å². The fourth-order valence-corrected chi connectivity index (χ4v) is 3.20. The molecule has 1 heterocycles.